The van der Waals surface area contributed by atoms with Gasteiger partial charge < -0.3 is 9.13 Å². The van der Waals surface area contributed by atoms with Gasteiger partial charge in [0.2, 0.25) is 0 Å². The van der Waals surface area contributed by atoms with Crippen LogP contribution in [0.3, 0.4) is 0 Å². The Hall–Kier alpha value is -10.3. The standard InChI is InChI=1S/C92H72N2/c1-89(2)77-21-9-5-17-65(77)67-41-35-63(55-79(67)89)93-85-23-11-7-19-73(85)75-49-57(31-43-87(75)93)25-27-59-29-37-69-71-39-33-61(53-83(71)91(81(69)51-59)45-13-14-46-91)62-34-40-72-70-38-30-60(52-82(70)92(84(72)54-62)47-15-16-48-92)28-26-58-32-44-88-76(50-58)74-20-8-12-24-86(74)94(88)64-36-42-68-66-18-6-10-22-78(66)90(3,4)80(68)56-64/h5-12,17-44,49-56H,13-16,45-48H2,1-4H3/b27-25+,28-26+. The lowest BCUT2D eigenvalue weighted by atomic mass is 9.75. The zero-order chi connectivity index (χ0) is 62.4. The van der Waals surface area contributed by atoms with Crippen LogP contribution in [0, 0.1) is 0 Å². The monoisotopic (exact) mass is 1200 g/mol. The third-order valence-corrected chi connectivity index (χ3v) is 24.0. The molecular weight excluding hydrogens is 1130 g/mol. The topological polar surface area (TPSA) is 9.86 Å². The largest absolute Gasteiger partial charge is 0.309 e. The summed E-state index contributed by atoms with van der Waals surface area (Å²) in [4.78, 5) is 0. The number of benzene rings is 12. The highest BCUT2D eigenvalue weighted by atomic mass is 15.0. The zero-order valence-corrected chi connectivity index (χ0v) is 54.0. The molecule has 2 fully saturated rings. The molecule has 14 aromatic rings. The Bertz CT molecular complexity index is 5340. The molecule has 12 aromatic carbocycles. The van der Waals surface area contributed by atoms with Crippen LogP contribution in [0.2, 0.25) is 0 Å². The fourth-order valence-electron chi connectivity index (χ4n) is 19.4. The van der Waals surface area contributed by atoms with E-state index < -0.39 is 0 Å². The normalized spacial score (nSPS) is 16.9. The van der Waals surface area contributed by atoms with Crippen molar-refractivity contribution >= 4 is 67.9 Å². The molecule has 2 saturated carbocycles. The van der Waals surface area contributed by atoms with Gasteiger partial charge in [-0.05, 0) is 221 Å². The second-order valence-electron chi connectivity index (χ2n) is 29.4. The van der Waals surface area contributed by atoms with Crippen molar-refractivity contribution in [1.29, 1.82) is 0 Å². The Morgan fingerprint density at radius 3 is 1.01 bits per heavy atom. The number of para-hydroxylation sites is 2. The van der Waals surface area contributed by atoms with Crippen molar-refractivity contribution in [3.63, 3.8) is 0 Å². The maximum absolute atomic E-state index is 2.61. The molecule has 6 aliphatic carbocycles. The molecule has 2 aromatic heterocycles. The summed E-state index contributed by atoms with van der Waals surface area (Å²) in [5.41, 5.74) is 37.8. The minimum atomic E-state index is -0.0638. The minimum absolute atomic E-state index is 0.0309. The van der Waals surface area contributed by atoms with Gasteiger partial charge in [0.25, 0.3) is 0 Å². The molecule has 0 bridgehead atoms. The van der Waals surface area contributed by atoms with Crippen LogP contribution < -0.4 is 0 Å². The molecular formula is C92H72N2. The van der Waals surface area contributed by atoms with E-state index in [4.69, 9.17) is 0 Å². The Morgan fingerprint density at radius 1 is 0.255 bits per heavy atom. The lowest BCUT2D eigenvalue weighted by Gasteiger charge is -2.28. The third-order valence-electron chi connectivity index (χ3n) is 24.0. The van der Waals surface area contributed by atoms with Crippen LogP contribution in [0.25, 0.3) is 135 Å². The van der Waals surface area contributed by atoms with Gasteiger partial charge in [0.05, 0.1) is 22.1 Å². The quantitative estimate of drug-likeness (QED) is 0.141. The Labute approximate surface area is 550 Å². The molecule has 2 nitrogen and oxygen atoms in total. The number of nitrogens with zero attached hydrogens (tertiary/aromatic N) is 2. The van der Waals surface area contributed by atoms with Crippen LogP contribution in [0.5, 0.6) is 0 Å². The van der Waals surface area contributed by atoms with Crippen molar-refractivity contribution in [3.8, 4) is 67.0 Å². The smallest absolute Gasteiger partial charge is 0.0541 e. The SMILES string of the molecule is CC1(C)c2ccccc2-c2ccc(-n3c4ccccc4c4cc(/C=C/c5ccc6c(c5)C5(CCCC5)c5cc(-c7ccc8c(c7)C7(CCCC7)c7cc(/C=C/c9ccc%10c(c9)c9ccccc9n%10-c9ccc%10c(c9)C(C)(C)c9ccccc9-%10)ccc7-8)ccc5-6)ccc43)cc21. The van der Waals surface area contributed by atoms with Crippen LogP contribution in [0.15, 0.2) is 243 Å². The summed E-state index contributed by atoms with van der Waals surface area (Å²) >= 11 is 0. The van der Waals surface area contributed by atoms with Gasteiger partial charge in [0, 0.05) is 54.6 Å². The van der Waals surface area contributed by atoms with Gasteiger partial charge in [-0.2, -0.15) is 0 Å². The molecule has 0 atom stereocenters. The second-order valence-corrected chi connectivity index (χ2v) is 29.4. The van der Waals surface area contributed by atoms with Crippen LogP contribution >= 0.6 is 0 Å². The number of rotatable bonds is 7. The highest BCUT2D eigenvalue weighted by Gasteiger charge is 2.47. The van der Waals surface area contributed by atoms with Crippen LogP contribution in [-0.2, 0) is 21.7 Å². The Balaban J connectivity index is 0.586. The van der Waals surface area contributed by atoms with E-state index in [0.717, 1.165) is 0 Å². The second kappa shape index (κ2) is 19.6. The summed E-state index contributed by atoms with van der Waals surface area (Å²) in [5.74, 6) is 0. The van der Waals surface area contributed by atoms with Crippen molar-refractivity contribution in [2.24, 2.45) is 0 Å². The Morgan fingerprint density at radius 2 is 0.574 bits per heavy atom. The van der Waals surface area contributed by atoms with Crippen LogP contribution in [0.1, 0.15) is 146 Å². The molecule has 0 unspecified atom stereocenters. The van der Waals surface area contributed by atoms with Gasteiger partial charge in [0.1, 0.15) is 0 Å². The highest BCUT2D eigenvalue weighted by Crippen LogP contribution is 2.61. The predicted octanol–water partition coefficient (Wildman–Crippen LogP) is 24.2. The van der Waals surface area contributed by atoms with Gasteiger partial charge in [-0.25, -0.2) is 0 Å². The summed E-state index contributed by atoms with van der Waals surface area (Å²) in [7, 11) is 0. The fraction of sp³-hybridized carbons (Fsp3) is 0.174. The molecule has 0 aliphatic heterocycles. The van der Waals surface area contributed by atoms with E-state index in [2.05, 4.69) is 304 Å². The molecule has 2 heteroatoms. The van der Waals surface area contributed by atoms with E-state index in [1.807, 2.05) is 0 Å². The van der Waals surface area contributed by atoms with E-state index >= 15 is 0 Å². The molecule has 0 N–H and O–H groups in total. The zero-order valence-electron chi connectivity index (χ0n) is 54.0. The van der Waals surface area contributed by atoms with Crippen LogP contribution in [-0.4, -0.2) is 9.13 Å². The molecule has 450 valence electrons. The van der Waals surface area contributed by atoms with Crippen molar-refractivity contribution in [2.75, 3.05) is 0 Å². The fourth-order valence-corrected chi connectivity index (χ4v) is 19.4. The number of fused-ring (bicyclic) bond motifs is 22. The van der Waals surface area contributed by atoms with Gasteiger partial charge in [-0.1, -0.05) is 248 Å². The van der Waals surface area contributed by atoms with E-state index in [0.29, 0.717) is 0 Å². The summed E-state index contributed by atoms with van der Waals surface area (Å²) in [5, 5.41) is 5.13. The molecule has 20 rings (SSSR count). The van der Waals surface area contributed by atoms with E-state index in [1.54, 1.807) is 0 Å². The number of hydrogen-bond donors (Lipinski definition) is 0. The predicted molar refractivity (Wildman–Crippen MR) is 396 cm³/mol. The first-order valence-corrected chi connectivity index (χ1v) is 34.5. The average molecular weight is 1210 g/mol. The van der Waals surface area contributed by atoms with Gasteiger partial charge in [-0.3, -0.25) is 0 Å². The lowest BCUT2D eigenvalue weighted by molar-refractivity contribution is 0.549. The van der Waals surface area contributed by atoms with E-state index in [1.165, 1.54) is 229 Å². The summed E-state index contributed by atoms with van der Waals surface area (Å²) in [6.45, 7) is 9.49. The molecule has 2 spiro atoms. The minimum Gasteiger partial charge on any atom is -0.309 e. The van der Waals surface area contributed by atoms with E-state index in [-0.39, 0.29) is 21.7 Å². The summed E-state index contributed by atoms with van der Waals surface area (Å²) in [6, 6.07) is 93.8. The summed E-state index contributed by atoms with van der Waals surface area (Å²) < 4.78 is 4.95. The third kappa shape index (κ3) is 7.54. The summed E-state index contributed by atoms with van der Waals surface area (Å²) in [6.07, 6.45) is 19.2. The van der Waals surface area contributed by atoms with Crippen molar-refractivity contribution in [3.05, 3.63) is 309 Å². The molecule has 94 heavy (non-hydrogen) atoms. The molecule has 0 saturated heterocycles. The molecule has 0 amide bonds. The first-order valence-electron chi connectivity index (χ1n) is 34.5. The number of aromatic nitrogens is 2. The molecule has 2 heterocycles. The first kappa shape index (κ1) is 54.3. The average Bonchev–Trinajstić information content (AvgIpc) is 1.75. The van der Waals surface area contributed by atoms with E-state index in [9.17, 15) is 0 Å². The molecule has 6 aliphatic rings. The van der Waals surface area contributed by atoms with Crippen molar-refractivity contribution in [2.45, 2.75) is 101 Å². The van der Waals surface area contributed by atoms with Crippen molar-refractivity contribution < 1.29 is 0 Å². The van der Waals surface area contributed by atoms with Gasteiger partial charge >= 0.3 is 0 Å². The number of hydrogen-bond acceptors (Lipinski definition) is 0. The maximum Gasteiger partial charge on any atom is 0.0541 e. The lowest BCUT2D eigenvalue weighted by Crippen LogP contribution is -2.21. The van der Waals surface area contributed by atoms with Crippen molar-refractivity contribution in [1.82, 2.24) is 9.13 Å². The van der Waals surface area contributed by atoms with Gasteiger partial charge in [-0.15, -0.1) is 0 Å². The molecule has 0 radical (unpaired) electrons. The highest BCUT2D eigenvalue weighted by molar-refractivity contribution is 6.11. The van der Waals surface area contributed by atoms with Gasteiger partial charge in [0.15, 0.2) is 0 Å². The van der Waals surface area contributed by atoms with Crippen LogP contribution in [0.4, 0.5) is 0 Å². The maximum atomic E-state index is 2.61. The first-order chi connectivity index (χ1) is 46.0. The Kier molecular flexibility index (Phi) is 11.3.